The number of benzene rings is 5. The standard InChI is InChI=1S/C28H18Br2/c29-22-13-11-20(12-14-22)25-18-26(19-7-3-1-4-8-19)28(21-9-5-2-6-10-21)27-17-23(30)15-16-24(25)27/h1-18H. The van der Waals surface area contributed by atoms with E-state index in [9.17, 15) is 0 Å². The van der Waals surface area contributed by atoms with Gasteiger partial charge in [-0.2, -0.15) is 0 Å². The number of fused-ring (bicyclic) bond motifs is 1. The van der Waals surface area contributed by atoms with Gasteiger partial charge < -0.3 is 0 Å². The Kier molecular flexibility index (Phi) is 5.28. The highest BCUT2D eigenvalue weighted by atomic mass is 79.9. The van der Waals surface area contributed by atoms with Crippen molar-refractivity contribution >= 4 is 42.6 Å². The molecule has 0 N–H and O–H groups in total. The second-order valence-electron chi connectivity index (χ2n) is 7.28. The van der Waals surface area contributed by atoms with Crippen molar-refractivity contribution in [3.63, 3.8) is 0 Å². The van der Waals surface area contributed by atoms with Gasteiger partial charge in [0.2, 0.25) is 0 Å². The molecule has 0 saturated heterocycles. The maximum absolute atomic E-state index is 3.70. The van der Waals surface area contributed by atoms with Gasteiger partial charge in [-0.25, -0.2) is 0 Å². The lowest BCUT2D eigenvalue weighted by molar-refractivity contribution is 1.58. The molecule has 0 aliphatic carbocycles. The van der Waals surface area contributed by atoms with E-state index in [2.05, 4.69) is 141 Å². The van der Waals surface area contributed by atoms with E-state index in [-0.39, 0.29) is 0 Å². The maximum Gasteiger partial charge on any atom is 0.0181 e. The Morgan fingerprint density at radius 1 is 0.400 bits per heavy atom. The van der Waals surface area contributed by atoms with Gasteiger partial charge in [-0.15, -0.1) is 0 Å². The molecule has 0 aliphatic rings. The number of halogens is 2. The van der Waals surface area contributed by atoms with E-state index >= 15 is 0 Å². The van der Waals surface area contributed by atoms with Crippen LogP contribution in [-0.4, -0.2) is 0 Å². The lowest BCUT2D eigenvalue weighted by Gasteiger charge is -2.18. The first-order chi connectivity index (χ1) is 14.7. The van der Waals surface area contributed by atoms with Gasteiger partial charge in [0.15, 0.2) is 0 Å². The molecule has 5 aromatic carbocycles. The molecule has 30 heavy (non-hydrogen) atoms. The normalized spacial score (nSPS) is 11.0. The summed E-state index contributed by atoms with van der Waals surface area (Å²) < 4.78 is 2.17. The number of rotatable bonds is 3. The lowest BCUT2D eigenvalue weighted by atomic mass is 9.85. The summed E-state index contributed by atoms with van der Waals surface area (Å²) in [6.45, 7) is 0. The molecule has 0 amide bonds. The van der Waals surface area contributed by atoms with E-state index in [0.717, 1.165) is 8.95 Å². The van der Waals surface area contributed by atoms with Crippen LogP contribution < -0.4 is 0 Å². The van der Waals surface area contributed by atoms with E-state index in [4.69, 9.17) is 0 Å². The van der Waals surface area contributed by atoms with E-state index < -0.39 is 0 Å². The second kappa shape index (κ2) is 8.22. The molecule has 0 nitrogen and oxygen atoms in total. The van der Waals surface area contributed by atoms with Crippen molar-refractivity contribution in [1.29, 1.82) is 0 Å². The van der Waals surface area contributed by atoms with Crippen LogP contribution in [0.2, 0.25) is 0 Å². The molecule has 0 unspecified atom stereocenters. The van der Waals surface area contributed by atoms with Crippen molar-refractivity contribution < 1.29 is 0 Å². The molecule has 144 valence electrons. The largest absolute Gasteiger partial charge is 0.0622 e. The van der Waals surface area contributed by atoms with Crippen molar-refractivity contribution in [2.24, 2.45) is 0 Å². The van der Waals surface area contributed by atoms with Gasteiger partial charge in [-0.1, -0.05) is 111 Å². The first-order valence-corrected chi connectivity index (χ1v) is 11.4. The fourth-order valence-electron chi connectivity index (χ4n) is 4.03. The monoisotopic (exact) mass is 512 g/mol. The average molecular weight is 514 g/mol. The third kappa shape index (κ3) is 3.62. The molecule has 5 aromatic rings. The fourth-order valence-corrected chi connectivity index (χ4v) is 4.65. The van der Waals surface area contributed by atoms with Crippen LogP contribution in [0.5, 0.6) is 0 Å². The Balaban J connectivity index is 1.93. The molecule has 0 atom stereocenters. The third-order valence-electron chi connectivity index (χ3n) is 5.40. The maximum atomic E-state index is 3.70. The van der Waals surface area contributed by atoms with Crippen LogP contribution in [-0.2, 0) is 0 Å². The quantitative estimate of drug-likeness (QED) is 0.225. The van der Waals surface area contributed by atoms with Gasteiger partial charge in [0, 0.05) is 8.95 Å². The Morgan fingerprint density at radius 2 is 0.967 bits per heavy atom. The first kappa shape index (κ1) is 19.3. The van der Waals surface area contributed by atoms with Crippen LogP contribution in [0.4, 0.5) is 0 Å². The predicted octanol–water partition coefficient (Wildman–Crippen LogP) is 9.37. The zero-order valence-electron chi connectivity index (χ0n) is 16.1. The minimum Gasteiger partial charge on any atom is -0.0622 e. The zero-order valence-corrected chi connectivity index (χ0v) is 19.3. The van der Waals surface area contributed by atoms with E-state index in [0.29, 0.717) is 0 Å². The van der Waals surface area contributed by atoms with Crippen molar-refractivity contribution in [2.75, 3.05) is 0 Å². The Hall–Kier alpha value is -2.68. The predicted molar refractivity (Wildman–Crippen MR) is 136 cm³/mol. The molecule has 0 radical (unpaired) electrons. The summed E-state index contributed by atoms with van der Waals surface area (Å²) in [6, 6.07) is 38.8. The molecular formula is C28H18Br2. The van der Waals surface area contributed by atoms with Crippen LogP contribution in [0, 0.1) is 0 Å². The summed E-state index contributed by atoms with van der Waals surface area (Å²) in [4.78, 5) is 0. The molecular weight excluding hydrogens is 496 g/mol. The van der Waals surface area contributed by atoms with Crippen molar-refractivity contribution in [3.05, 3.63) is 118 Å². The lowest BCUT2D eigenvalue weighted by Crippen LogP contribution is -1.92. The highest BCUT2D eigenvalue weighted by Gasteiger charge is 2.16. The molecule has 0 saturated carbocycles. The number of hydrogen-bond donors (Lipinski definition) is 0. The van der Waals surface area contributed by atoms with Crippen LogP contribution in [0.25, 0.3) is 44.2 Å². The summed E-state index contributed by atoms with van der Waals surface area (Å²) in [6.07, 6.45) is 0. The highest BCUT2D eigenvalue weighted by molar-refractivity contribution is 9.10. The van der Waals surface area contributed by atoms with E-state index in [1.807, 2.05) is 0 Å². The van der Waals surface area contributed by atoms with Crippen LogP contribution in [0.1, 0.15) is 0 Å². The smallest absolute Gasteiger partial charge is 0.0181 e. The summed E-state index contributed by atoms with van der Waals surface area (Å²) in [5, 5.41) is 2.49. The molecule has 0 spiro atoms. The molecule has 2 heteroatoms. The van der Waals surface area contributed by atoms with Gasteiger partial charge in [-0.3, -0.25) is 0 Å². The molecule has 5 rings (SSSR count). The van der Waals surface area contributed by atoms with E-state index in [1.54, 1.807) is 0 Å². The summed E-state index contributed by atoms with van der Waals surface area (Å²) in [7, 11) is 0. The SMILES string of the molecule is Brc1ccc(-c2cc(-c3ccccc3)c(-c3ccccc3)c3cc(Br)ccc23)cc1. The second-order valence-corrected chi connectivity index (χ2v) is 9.11. The summed E-state index contributed by atoms with van der Waals surface area (Å²) in [5.74, 6) is 0. The zero-order chi connectivity index (χ0) is 20.5. The number of hydrogen-bond acceptors (Lipinski definition) is 0. The minimum absolute atomic E-state index is 1.08. The fraction of sp³-hybridized carbons (Fsp3) is 0. The Morgan fingerprint density at radius 3 is 1.63 bits per heavy atom. The van der Waals surface area contributed by atoms with Gasteiger partial charge >= 0.3 is 0 Å². The van der Waals surface area contributed by atoms with Gasteiger partial charge in [0.1, 0.15) is 0 Å². The molecule has 0 aromatic heterocycles. The van der Waals surface area contributed by atoms with Gasteiger partial charge in [0.05, 0.1) is 0 Å². The van der Waals surface area contributed by atoms with Crippen LogP contribution >= 0.6 is 31.9 Å². The molecule has 0 heterocycles. The third-order valence-corrected chi connectivity index (χ3v) is 6.42. The van der Waals surface area contributed by atoms with Gasteiger partial charge in [-0.05, 0) is 74.5 Å². The van der Waals surface area contributed by atoms with Crippen molar-refractivity contribution in [3.8, 4) is 33.4 Å². The average Bonchev–Trinajstić information content (AvgIpc) is 2.79. The molecule has 0 aliphatic heterocycles. The van der Waals surface area contributed by atoms with E-state index in [1.165, 1.54) is 44.2 Å². The van der Waals surface area contributed by atoms with Crippen LogP contribution in [0.15, 0.2) is 118 Å². The molecule has 0 bridgehead atoms. The van der Waals surface area contributed by atoms with Crippen molar-refractivity contribution in [2.45, 2.75) is 0 Å². The Bertz CT molecular complexity index is 1320. The highest BCUT2D eigenvalue weighted by Crippen LogP contribution is 2.43. The minimum atomic E-state index is 1.08. The summed E-state index contributed by atoms with van der Waals surface area (Å²) >= 11 is 7.27. The first-order valence-electron chi connectivity index (χ1n) is 9.84. The van der Waals surface area contributed by atoms with Gasteiger partial charge in [0.25, 0.3) is 0 Å². The summed E-state index contributed by atoms with van der Waals surface area (Å²) in [5.41, 5.74) is 7.40. The molecule has 0 fully saturated rings. The van der Waals surface area contributed by atoms with Crippen molar-refractivity contribution in [1.82, 2.24) is 0 Å². The topological polar surface area (TPSA) is 0 Å². The Labute approximate surface area is 193 Å². The van der Waals surface area contributed by atoms with Crippen LogP contribution in [0.3, 0.4) is 0 Å².